The minimum absolute atomic E-state index is 0.00496. The molecule has 2 aromatic rings. The summed E-state index contributed by atoms with van der Waals surface area (Å²) in [4.78, 5) is 6.66. The highest BCUT2D eigenvalue weighted by atomic mass is 15.4. The van der Waals surface area contributed by atoms with Crippen LogP contribution in [0.5, 0.6) is 0 Å². The maximum absolute atomic E-state index is 6.33. The molecule has 92 valence electrons. The fourth-order valence-corrected chi connectivity index (χ4v) is 2.73. The Morgan fingerprint density at radius 2 is 1.83 bits per heavy atom. The summed E-state index contributed by atoms with van der Waals surface area (Å²) < 4.78 is 0. The number of anilines is 1. The molecule has 0 bridgehead atoms. The van der Waals surface area contributed by atoms with E-state index in [1.165, 1.54) is 12.8 Å². The molecular weight excluding hydrogens is 226 g/mol. The Kier molecular flexibility index (Phi) is 1.92. The van der Waals surface area contributed by atoms with Crippen molar-refractivity contribution in [1.29, 1.82) is 0 Å². The summed E-state index contributed by atoms with van der Waals surface area (Å²) in [6.07, 6.45) is 2.56. The Labute approximate surface area is 105 Å². The Hall–Kier alpha value is -1.75. The van der Waals surface area contributed by atoms with Gasteiger partial charge in [-0.3, -0.25) is 0 Å². The van der Waals surface area contributed by atoms with E-state index >= 15 is 0 Å². The monoisotopic (exact) mass is 241 g/mol. The van der Waals surface area contributed by atoms with Crippen molar-refractivity contribution in [2.45, 2.75) is 18.4 Å². The molecule has 18 heavy (non-hydrogen) atoms. The van der Waals surface area contributed by atoms with Gasteiger partial charge in [-0.25, -0.2) is 4.98 Å². The van der Waals surface area contributed by atoms with Crippen molar-refractivity contribution in [3.05, 3.63) is 24.3 Å². The van der Waals surface area contributed by atoms with Gasteiger partial charge >= 0.3 is 0 Å². The minimum Gasteiger partial charge on any atom is -0.336 e. The van der Waals surface area contributed by atoms with Gasteiger partial charge in [-0.1, -0.05) is 12.1 Å². The molecular formula is C13H15N5. The molecule has 0 spiro atoms. The second-order valence-corrected chi connectivity index (χ2v) is 5.46. The van der Waals surface area contributed by atoms with Gasteiger partial charge in [0.05, 0.1) is 11.1 Å². The van der Waals surface area contributed by atoms with Crippen LogP contribution in [0, 0.1) is 5.92 Å². The van der Waals surface area contributed by atoms with Gasteiger partial charge in [0.2, 0.25) is 5.95 Å². The molecule has 2 N–H and O–H groups in total. The second-order valence-electron chi connectivity index (χ2n) is 5.46. The summed E-state index contributed by atoms with van der Waals surface area (Å²) >= 11 is 0. The van der Waals surface area contributed by atoms with Crippen LogP contribution < -0.4 is 10.6 Å². The molecule has 1 aromatic carbocycles. The first-order chi connectivity index (χ1) is 8.74. The van der Waals surface area contributed by atoms with E-state index in [4.69, 9.17) is 5.73 Å². The maximum Gasteiger partial charge on any atom is 0.246 e. The summed E-state index contributed by atoms with van der Waals surface area (Å²) in [5, 5.41) is 8.38. The van der Waals surface area contributed by atoms with E-state index in [-0.39, 0.29) is 5.54 Å². The van der Waals surface area contributed by atoms with Crippen LogP contribution in [0.4, 0.5) is 5.95 Å². The molecule has 2 heterocycles. The third kappa shape index (κ3) is 1.47. The van der Waals surface area contributed by atoms with Gasteiger partial charge in [-0.15, -0.1) is 10.2 Å². The number of fused-ring (bicyclic) bond motifs is 1. The molecule has 0 radical (unpaired) electrons. The van der Waals surface area contributed by atoms with Crippen molar-refractivity contribution >= 4 is 17.0 Å². The zero-order valence-electron chi connectivity index (χ0n) is 10.1. The number of nitrogens with two attached hydrogens (primary N) is 1. The zero-order valence-corrected chi connectivity index (χ0v) is 10.1. The van der Waals surface area contributed by atoms with Crippen molar-refractivity contribution in [3.63, 3.8) is 0 Å². The predicted octanol–water partition coefficient (Wildman–Crippen LogP) is 0.952. The highest BCUT2D eigenvalue weighted by molar-refractivity contribution is 5.74. The number of nitrogens with zero attached hydrogens (tertiary/aromatic N) is 4. The molecule has 1 saturated carbocycles. The largest absolute Gasteiger partial charge is 0.336 e. The Morgan fingerprint density at radius 3 is 2.56 bits per heavy atom. The number of hydrogen-bond acceptors (Lipinski definition) is 5. The van der Waals surface area contributed by atoms with Crippen molar-refractivity contribution in [2.24, 2.45) is 11.7 Å². The van der Waals surface area contributed by atoms with Gasteiger partial charge in [0, 0.05) is 13.1 Å². The fraction of sp³-hybridized carbons (Fsp3) is 0.462. The van der Waals surface area contributed by atoms with E-state index in [1.807, 2.05) is 24.3 Å². The lowest BCUT2D eigenvalue weighted by Gasteiger charge is -2.48. The third-order valence-corrected chi connectivity index (χ3v) is 3.99. The molecule has 4 rings (SSSR count). The Bertz CT molecular complexity index is 601. The fourth-order valence-electron chi connectivity index (χ4n) is 2.73. The molecule has 5 heteroatoms. The molecule has 2 aliphatic rings. The number of para-hydroxylation sites is 1. The molecule has 2 fully saturated rings. The van der Waals surface area contributed by atoms with Crippen LogP contribution in [-0.2, 0) is 0 Å². The lowest BCUT2D eigenvalue weighted by atomic mass is 9.86. The van der Waals surface area contributed by atoms with E-state index in [0.29, 0.717) is 11.9 Å². The molecule has 0 unspecified atom stereocenters. The van der Waals surface area contributed by atoms with Crippen LogP contribution in [-0.4, -0.2) is 33.8 Å². The third-order valence-electron chi connectivity index (χ3n) is 3.99. The average Bonchev–Trinajstić information content (AvgIpc) is 3.19. The van der Waals surface area contributed by atoms with Crippen LogP contribution in [0.3, 0.4) is 0 Å². The maximum atomic E-state index is 6.33. The van der Waals surface area contributed by atoms with E-state index in [1.54, 1.807) is 0 Å². The van der Waals surface area contributed by atoms with Gasteiger partial charge in [0.15, 0.2) is 0 Å². The van der Waals surface area contributed by atoms with Crippen molar-refractivity contribution in [2.75, 3.05) is 18.0 Å². The first-order valence-corrected chi connectivity index (χ1v) is 6.38. The van der Waals surface area contributed by atoms with Crippen molar-refractivity contribution in [3.8, 4) is 0 Å². The van der Waals surface area contributed by atoms with E-state index in [9.17, 15) is 0 Å². The molecule has 1 aromatic heterocycles. The van der Waals surface area contributed by atoms with Crippen LogP contribution in [0.1, 0.15) is 12.8 Å². The Morgan fingerprint density at radius 1 is 1.11 bits per heavy atom. The van der Waals surface area contributed by atoms with Gasteiger partial charge in [-0.2, -0.15) is 0 Å². The molecule has 0 amide bonds. The standard InChI is InChI=1S/C13H15N5/c14-13(9-5-6-9)7-18(8-13)12-15-10-3-1-2-4-11(10)16-17-12/h1-4,9H,5-8,14H2. The topological polar surface area (TPSA) is 67.9 Å². The van der Waals surface area contributed by atoms with Crippen LogP contribution in [0.2, 0.25) is 0 Å². The van der Waals surface area contributed by atoms with Crippen LogP contribution in [0.15, 0.2) is 24.3 Å². The summed E-state index contributed by atoms with van der Waals surface area (Å²) in [6.45, 7) is 1.72. The number of hydrogen-bond donors (Lipinski definition) is 1. The predicted molar refractivity (Wildman–Crippen MR) is 69.2 cm³/mol. The smallest absolute Gasteiger partial charge is 0.246 e. The van der Waals surface area contributed by atoms with Gasteiger partial charge in [0.1, 0.15) is 5.52 Å². The normalized spacial score (nSPS) is 21.9. The first-order valence-electron chi connectivity index (χ1n) is 6.38. The van der Waals surface area contributed by atoms with Crippen molar-refractivity contribution < 1.29 is 0 Å². The number of benzene rings is 1. The summed E-state index contributed by atoms with van der Waals surface area (Å²) in [7, 11) is 0. The lowest BCUT2D eigenvalue weighted by Crippen LogP contribution is -2.69. The highest BCUT2D eigenvalue weighted by Crippen LogP contribution is 2.43. The molecule has 5 nitrogen and oxygen atoms in total. The van der Waals surface area contributed by atoms with Gasteiger partial charge < -0.3 is 10.6 Å². The number of aromatic nitrogens is 3. The summed E-state index contributed by atoms with van der Waals surface area (Å²) in [5.41, 5.74) is 8.05. The first kappa shape index (κ1) is 10.2. The number of rotatable bonds is 2. The summed E-state index contributed by atoms with van der Waals surface area (Å²) in [5.74, 6) is 1.41. The highest BCUT2D eigenvalue weighted by Gasteiger charge is 2.51. The molecule has 1 aliphatic carbocycles. The van der Waals surface area contributed by atoms with Crippen LogP contribution in [0.25, 0.3) is 11.0 Å². The van der Waals surface area contributed by atoms with Crippen LogP contribution >= 0.6 is 0 Å². The average molecular weight is 241 g/mol. The van der Waals surface area contributed by atoms with Gasteiger partial charge in [0.25, 0.3) is 0 Å². The minimum atomic E-state index is -0.00496. The zero-order chi connectivity index (χ0) is 12.2. The SMILES string of the molecule is NC1(C2CC2)CN(c2nnc3ccccc3n2)C1. The molecule has 1 aliphatic heterocycles. The van der Waals surface area contributed by atoms with Crippen molar-refractivity contribution in [1.82, 2.24) is 15.2 Å². The lowest BCUT2D eigenvalue weighted by molar-refractivity contribution is 0.287. The summed E-state index contributed by atoms with van der Waals surface area (Å²) in [6, 6.07) is 7.80. The van der Waals surface area contributed by atoms with Gasteiger partial charge in [-0.05, 0) is 30.9 Å². The quantitative estimate of drug-likeness (QED) is 0.848. The molecule has 1 saturated heterocycles. The second kappa shape index (κ2) is 3.38. The van der Waals surface area contributed by atoms with E-state index < -0.39 is 0 Å². The van der Waals surface area contributed by atoms with E-state index in [2.05, 4.69) is 20.1 Å². The van der Waals surface area contributed by atoms with E-state index in [0.717, 1.165) is 24.1 Å². The molecule has 0 atom stereocenters. The Balaban J connectivity index is 1.60.